The van der Waals surface area contributed by atoms with E-state index in [4.69, 9.17) is 0 Å². The largest absolute Gasteiger partial charge is 0.352 e. The van der Waals surface area contributed by atoms with Crippen LogP contribution in [0.1, 0.15) is 61.4 Å². The molecule has 0 fully saturated rings. The van der Waals surface area contributed by atoms with Crippen molar-refractivity contribution in [1.29, 1.82) is 0 Å². The second-order valence-corrected chi connectivity index (χ2v) is 9.73. The van der Waals surface area contributed by atoms with Gasteiger partial charge in [0.05, 0.1) is 5.75 Å². The van der Waals surface area contributed by atoms with Crippen molar-refractivity contribution in [3.63, 3.8) is 0 Å². The second kappa shape index (κ2) is 12.7. The van der Waals surface area contributed by atoms with Crippen LogP contribution >= 0.6 is 11.8 Å². The Morgan fingerprint density at radius 2 is 1.59 bits per heavy atom. The van der Waals surface area contributed by atoms with Crippen LogP contribution in [0, 0.1) is 20.8 Å². The van der Waals surface area contributed by atoms with Crippen LogP contribution in [-0.4, -0.2) is 34.6 Å². The summed E-state index contributed by atoms with van der Waals surface area (Å²) < 4.78 is 0. The highest BCUT2D eigenvalue weighted by atomic mass is 32.2. The van der Waals surface area contributed by atoms with Gasteiger partial charge in [-0.25, -0.2) is 0 Å². The van der Waals surface area contributed by atoms with Gasteiger partial charge in [-0.1, -0.05) is 73.0 Å². The van der Waals surface area contributed by atoms with Crippen LogP contribution in [0.4, 0.5) is 0 Å². The van der Waals surface area contributed by atoms with E-state index in [2.05, 4.69) is 43.4 Å². The molecule has 0 heterocycles. The van der Waals surface area contributed by atoms with E-state index in [1.807, 2.05) is 45.9 Å². The first kappa shape index (κ1) is 26.0. The van der Waals surface area contributed by atoms with Crippen molar-refractivity contribution in [2.75, 3.05) is 5.75 Å². The fraction of sp³-hybridized carbons (Fsp3) is 0.481. The minimum absolute atomic E-state index is 0.00651. The van der Waals surface area contributed by atoms with Crippen LogP contribution in [-0.2, 0) is 21.9 Å². The molecule has 0 radical (unpaired) electrons. The molecule has 0 spiro atoms. The summed E-state index contributed by atoms with van der Waals surface area (Å²) in [4.78, 5) is 28.1. The maximum Gasteiger partial charge on any atom is 0.243 e. The third-order valence-electron chi connectivity index (χ3n) is 5.60. The maximum absolute atomic E-state index is 13.3. The molecule has 2 aromatic rings. The average molecular weight is 455 g/mol. The second-order valence-electron chi connectivity index (χ2n) is 8.74. The maximum atomic E-state index is 13.3. The van der Waals surface area contributed by atoms with Gasteiger partial charge in [0.2, 0.25) is 11.8 Å². The van der Waals surface area contributed by atoms with Gasteiger partial charge < -0.3 is 10.2 Å². The molecule has 1 N–H and O–H groups in total. The lowest BCUT2D eigenvalue weighted by molar-refractivity contribution is -0.139. The Hall–Kier alpha value is -2.27. The van der Waals surface area contributed by atoms with Gasteiger partial charge in [0.1, 0.15) is 6.04 Å². The SMILES string of the molecule is CC[C@@H](C)NC(=O)[C@H](CC)N(Cc1cccc(C)c1)C(=O)CSCc1cc(C)cc(C)c1. The number of hydrogen-bond donors (Lipinski definition) is 1. The first-order valence-electron chi connectivity index (χ1n) is 11.5. The van der Waals surface area contributed by atoms with Crippen molar-refractivity contribution < 1.29 is 9.59 Å². The van der Waals surface area contributed by atoms with Crippen molar-refractivity contribution in [2.24, 2.45) is 0 Å². The summed E-state index contributed by atoms with van der Waals surface area (Å²) in [6, 6.07) is 14.3. The van der Waals surface area contributed by atoms with Gasteiger partial charge in [0, 0.05) is 18.3 Å². The van der Waals surface area contributed by atoms with E-state index in [0.717, 1.165) is 23.3 Å². The Balaban J connectivity index is 2.15. The summed E-state index contributed by atoms with van der Waals surface area (Å²) in [6.07, 6.45) is 1.45. The fourth-order valence-corrected chi connectivity index (χ4v) is 4.70. The molecule has 32 heavy (non-hydrogen) atoms. The molecule has 2 atom stereocenters. The van der Waals surface area contributed by atoms with E-state index in [1.165, 1.54) is 16.7 Å². The predicted molar refractivity (Wildman–Crippen MR) is 136 cm³/mol. The Kier molecular flexibility index (Phi) is 10.3. The normalized spacial score (nSPS) is 12.8. The van der Waals surface area contributed by atoms with Crippen molar-refractivity contribution in [3.8, 4) is 0 Å². The van der Waals surface area contributed by atoms with Crippen LogP contribution in [0.2, 0.25) is 0 Å². The first-order valence-corrected chi connectivity index (χ1v) is 12.7. The van der Waals surface area contributed by atoms with Gasteiger partial charge in [-0.2, -0.15) is 0 Å². The molecule has 0 aliphatic rings. The van der Waals surface area contributed by atoms with Crippen molar-refractivity contribution in [2.45, 2.75) is 78.8 Å². The van der Waals surface area contributed by atoms with Crippen molar-refractivity contribution >= 4 is 23.6 Å². The highest BCUT2D eigenvalue weighted by Crippen LogP contribution is 2.19. The summed E-state index contributed by atoms with van der Waals surface area (Å²) >= 11 is 1.61. The molecule has 0 aliphatic carbocycles. The molecule has 0 bridgehead atoms. The molecule has 5 heteroatoms. The molecular formula is C27H38N2O2S. The number of carbonyl (C=O) groups is 2. The van der Waals surface area contributed by atoms with Crippen LogP contribution in [0.3, 0.4) is 0 Å². The lowest BCUT2D eigenvalue weighted by atomic mass is 10.1. The number of thioether (sulfide) groups is 1. The van der Waals surface area contributed by atoms with Crippen molar-refractivity contribution in [1.82, 2.24) is 10.2 Å². The molecular weight excluding hydrogens is 416 g/mol. The van der Waals surface area contributed by atoms with E-state index in [0.29, 0.717) is 18.7 Å². The molecule has 2 amide bonds. The Morgan fingerprint density at radius 3 is 2.19 bits per heavy atom. The summed E-state index contributed by atoms with van der Waals surface area (Å²) in [5.41, 5.74) is 5.90. The summed E-state index contributed by atoms with van der Waals surface area (Å²) in [6.45, 7) is 12.7. The molecule has 0 saturated heterocycles. The standard InChI is InChI=1S/C27H38N2O2S/c1-7-22(6)28-27(31)25(8-2)29(16-23-11-9-10-19(3)13-23)26(30)18-32-17-24-14-20(4)12-21(5)15-24/h9-15,22,25H,7-8,16-18H2,1-6H3,(H,28,31)/t22-,25+/m1/s1. The predicted octanol–water partition coefficient (Wildman–Crippen LogP) is 5.57. The van der Waals surface area contributed by atoms with Gasteiger partial charge in [-0.3, -0.25) is 9.59 Å². The van der Waals surface area contributed by atoms with Crippen molar-refractivity contribution in [3.05, 3.63) is 70.3 Å². The highest BCUT2D eigenvalue weighted by Gasteiger charge is 2.29. The molecule has 0 unspecified atom stereocenters. The molecule has 0 aromatic heterocycles. The quantitative estimate of drug-likeness (QED) is 0.483. The van der Waals surface area contributed by atoms with Crippen LogP contribution in [0.15, 0.2) is 42.5 Å². The topological polar surface area (TPSA) is 49.4 Å². The van der Waals surface area contributed by atoms with Gasteiger partial charge in [-0.05, 0) is 51.7 Å². The minimum Gasteiger partial charge on any atom is -0.352 e. The van der Waals surface area contributed by atoms with Gasteiger partial charge in [0.25, 0.3) is 0 Å². The summed E-state index contributed by atoms with van der Waals surface area (Å²) in [7, 11) is 0. The Labute approximate surface area is 198 Å². The fourth-order valence-electron chi connectivity index (χ4n) is 3.86. The van der Waals surface area contributed by atoms with Crippen LogP contribution in [0.25, 0.3) is 0 Å². The molecule has 4 nitrogen and oxygen atoms in total. The van der Waals surface area contributed by atoms with E-state index < -0.39 is 6.04 Å². The molecule has 0 aliphatic heterocycles. The van der Waals surface area contributed by atoms with Crippen LogP contribution < -0.4 is 5.32 Å². The van der Waals surface area contributed by atoms with Gasteiger partial charge in [-0.15, -0.1) is 11.8 Å². The average Bonchev–Trinajstić information content (AvgIpc) is 2.72. The Bertz CT molecular complexity index is 892. The zero-order chi connectivity index (χ0) is 23.7. The monoisotopic (exact) mass is 454 g/mol. The lowest BCUT2D eigenvalue weighted by Crippen LogP contribution is -2.51. The molecule has 0 saturated carbocycles. The number of rotatable bonds is 11. The first-order chi connectivity index (χ1) is 15.2. The molecule has 174 valence electrons. The number of amides is 2. The third-order valence-corrected chi connectivity index (χ3v) is 6.59. The van der Waals surface area contributed by atoms with E-state index in [1.54, 1.807) is 16.7 Å². The summed E-state index contributed by atoms with van der Waals surface area (Å²) in [5.74, 6) is 1.07. The molecule has 2 aromatic carbocycles. The minimum atomic E-state index is -0.473. The van der Waals surface area contributed by atoms with Crippen LogP contribution in [0.5, 0.6) is 0 Å². The van der Waals surface area contributed by atoms with E-state index in [-0.39, 0.29) is 17.9 Å². The number of hydrogen-bond acceptors (Lipinski definition) is 3. The zero-order valence-electron chi connectivity index (χ0n) is 20.4. The number of carbonyl (C=O) groups excluding carboxylic acids is 2. The van der Waals surface area contributed by atoms with Gasteiger partial charge >= 0.3 is 0 Å². The number of aryl methyl sites for hydroxylation is 3. The Morgan fingerprint density at radius 1 is 0.938 bits per heavy atom. The van der Waals surface area contributed by atoms with Gasteiger partial charge in [0.15, 0.2) is 0 Å². The summed E-state index contributed by atoms with van der Waals surface area (Å²) in [5, 5.41) is 3.07. The smallest absolute Gasteiger partial charge is 0.243 e. The van der Waals surface area contributed by atoms with E-state index in [9.17, 15) is 9.59 Å². The zero-order valence-corrected chi connectivity index (χ0v) is 21.2. The third kappa shape index (κ3) is 8.01. The number of benzene rings is 2. The molecule has 2 rings (SSSR count). The number of nitrogens with zero attached hydrogens (tertiary/aromatic N) is 1. The highest BCUT2D eigenvalue weighted by molar-refractivity contribution is 7.99. The lowest BCUT2D eigenvalue weighted by Gasteiger charge is -2.31. The van der Waals surface area contributed by atoms with E-state index >= 15 is 0 Å². The number of nitrogens with one attached hydrogen (secondary N) is 1.